The molecule has 2 rings (SSSR count). The van der Waals surface area contributed by atoms with Gasteiger partial charge in [-0.05, 0) is 44.5 Å². The number of nitrogens with zero attached hydrogens (tertiary/aromatic N) is 3. The second kappa shape index (κ2) is 5.73. The number of aromatic nitrogens is 3. The molecular weight excluding hydrogens is 240 g/mol. The molecular formula is C14H20N4O. The maximum atomic E-state index is 5.84. The molecule has 0 saturated carbocycles. The van der Waals surface area contributed by atoms with E-state index in [-0.39, 0.29) is 6.10 Å². The monoisotopic (exact) mass is 260 g/mol. The van der Waals surface area contributed by atoms with Crippen molar-refractivity contribution in [2.45, 2.75) is 39.7 Å². The molecule has 2 N–H and O–H groups in total. The Morgan fingerprint density at radius 2 is 1.95 bits per heavy atom. The van der Waals surface area contributed by atoms with Crippen molar-refractivity contribution >= 4 is 5.82 Å². The zero-order valence-corrected chi connectivity index (χ0v) is 11.6. The van der Waals surface area contributed by atoms with Crippen LogP contribution in [0, 0.1) is 0 Å². The summed E-state index contributed by atoms with van der Waals surface area (Å²) < 4.78 is 7.41. The topological polar surface area (TPSA) is 66.0 Å². The summed E-state index contributed by atoms with van der Waals surface area (Å²) in [6.45, 7) is 6.12. The number of hydrogen-bond acceptors (Lipinski definition) is 4. The molecule has 5 nitrogen and oxygen atoms in total. The molecule has 0 saturated heterocycles. The third-order valence-corrected chi connectivity index (χ3v) is 2.73. The van der Waals surface area contributed by atoms with Crippen LogP contribution in [0.2, 0.25) is 0 Å². The highest BCUT2D eigenvalue weighted by atomic mass is 16.5. The molecule has 19 heavy (non-hydrogen) atoms. The molecule has 0 amide bonds. The molecule has 0 atom stereocenters. The normalized spacial score (nSPS) is 10.9. The van der Waals surface area contributed by atoms with Gasteiger partial charge in [-0.25, -0.2) is 4.68 Å². The number of ether oxygens (including phenoxy) is 1. The van der Waals surface area contributed by atoms with Crippen LogP contribution in [0.3, 0.4) is 0 Å². The largest absolute Gasteiger partial charge is 0.491 e. The van der Waals surface area contributed by atoms with Crippen LogP contribution >= 0.6 is 0 Å². The third-order valence-electron chi connectivity index (χ3n) is 2.73. The van der Waals surface area contributed by atoms with Gasteiger partial charge in [-0.1, -0.05) is 18.6 Å². The Morgan fingerprint density at radius 3 is 2.53 bits per heavy atom. The number of rotatable bonds is 5. The fourth-order valence-electron chi connectivity index (χ4n) is 1.93. The van der Waals surface area contributed by atoms with E-state index in [1.807, 2.05) is 38.1 Å². The van der Waals surface area contributed by atoms with Crippen LogP contribution < -0.4 is 10.5 Å². The first-order valence-electron chi connectivity index (χ1n) is 6.59. The lowest BCUT2D eigenvalue weighted by molar-refractivity contribution is 0.242. The Morgan fingerprint density at radius 1 is 1.26 bits per heavy atom. The van der Waals surface area contributed by atoms with Crippen LogP contribution in [-0.4, -0.2) is 21.1 Å². The number of hydrogen-bond donors (Lipinski definition) is 1. The van der Waals surface area contributed by atoms with Gasteiger partial charge in [-0.2, -0.15) is 0 Å². The zero-order valence-electron chi connectivity index (χ0n) is 11.6. The molecule has 1 aromatic heterocycles. The van der Waals surface area contributed by atoms with Crippen molar-refractivity contribution in [3.63, 3.8) is 0 Å². The summed E-state index contributed by atoms with van der Waals surface area (Å²) in [6, 6.07) is 7.79. The van der Waals surface area contributed by atoms with Crippen LogP contribution in [0.1, 0.15) is 32.9 Å². The van der Waals surface area contributed by atoms with Crippen molar-refractivity contribution in [1.82, 2.24) is 15.0 Å². The second-order valence-corrected chi connectivity index (χ2v) is 4.74. The summed E-state index contributed by atoms with van der Waals surface area (Å²) in [7, 11) is 0. The molecule has 0 radical (unpaired) electrons. The highest BCUT2D eigenvalue weighted by Crippen LogP contribution is 2.19. The van der Waals surface area contributed by atoms with Gasteiger partial charge in [-0.3, -0.25) is 0 Å². The predicted molar refractivity (Wildman–Crippen MR) is 75.5 cm³/mol. The number of nitrogens with two attached hydrogens (primary N) is 1. The third kappa shape index (κ3) is 3.05. The summed E-state index contributed by atoms with van der Waals surface area (Å²) in [5, 5.41) is 8.04. The SMILES string of the molecule is CCCc1c(N)nnn1-c1ccc(OC(C)C)cc1. The fourth-order valence-corrected chi connectivity index (χ4v) is 1.93. The first kappa shape index (κ1) is 13.4. The summed E-state index contributed by atoms with van der Waals surface area (Å²) in [5.74, 6) is 1.35. The number of benzene rings is 1. The summed E-state index contributed by atoms with van der Waals surface area (Å²) in [4.78, 5) is 0. The molecule has 0 aliphatic carbocycles. The van der Waals surface area contributed by atoms with Gasteiger partial charge in [0.05, 0.1) is 17.5 Å². The van der Waals surface area contributed by atoms with Crippen LogP contribution in [0.5, 0.6) is 5.75 Å². The summed E-state index contributed by atoms with van der Waals surface area (Å²) in [5.41, 5.74) is 7.75. The Hall–Kier alpha value is -2.04. The summed E-state index contributed by atoms with van der Waals surface area (Å²) in [6.07, 6.45) is 2.04. The Kier molecular flexibility index (Phi) is 4.04. The molecule has 0 aliphatic rings. The van der Waals surface area contributed by atoms with E-state index in [2.05, 4.69) is 17.2 Å². The Bertz CT molecular complexity index is 531. The predicted octanol–water partition coefficient (Wildman–Crippen LogP) is 2.59. The highest BCUT2D eigenvalue weighted by molar-refractivity contribution is 5.43. The average Bonchev–Trinajstić information content (AvgIpc) is 2.72. The molecule has 0 unspecified atom stereocenters. The molecule has 5 heteroatoms. The maximum Gasteiger partial charge on any atom is 0.169 e. The van der Waals surface area contributed by atoms with E-state index in [1.54, 1.807) is 4.68 Å². The van der Waals surface area contributed by atoms with E-state index < -0.39 is 0 Å². The molecule has 0 spiro atoms. The van der Waals surface area contributed by atoms with E-state index in [4.69, 9.17) is 10.5 Å². The Labute approximate surface area is 113 Å². The minimum Gasteiger partial charge on any atom is -0.491 e. The molecule has 1 heterocycles. The summed E-state index contributed by atoms with van der Waals surface area (Å²) >= 11 is 0. The lowest BCUT2D eigenvalue weighted by Gasteiger charge is -2.11. The van der Waals surface area contributed by atoms with Gasteiger partial charge in [0.25, 0.3) is 0 Å². The van der Waals surface area contributed by atoms with Gasteiger partial charge in [0.2, 0.25) is 0 Å². The Balaban J connectivity index is 2.27. The quantitative estimate of drug-likeness (QED) is 0.897. The number of nitrogen functional groups attached to an aromatic ring is 1. The zero-order chi connectivity index (χ0) is 13.8. The standard InChI is InChI=1S/C14H20N4O/c1-4-5-13-14(15)16-17-18(13)11-6-8-12(9-7-11)19-10(2)3/h6-10H,4-5,15H2,1-3H3. The van der Waals surface area contributed by atoms with Gasteiger partial charge >= 0.3 is 0 Å². The van der Waals surface area contributed by atoms with E-state index in [1.165, 1.54) is 0 Å². The van der Waals surface area contributed by atoms with Gasteiger partial charge in [0.1, 0.15) is 5.75 Å². The highest BCUT2D eigenvalue weighted by Gasteiger charge is 2.10. The van der Waals surface area contributed by atoms with Gasteiger partial charge in [-0.15, -0.1) is 5.10 Å². The van der Waals surface area contributed by atoms with Crippen LogP contribution in [0.25, 0.3) is 5.69 Å². The molecule has 0 aliphatic heterocycles. The first-order chi connectivity index (χ1) is 9.11. The molecule has 0 bridgehead atoms. The van der Waals surface area contributed by atoms with E-state index >= 15 is 0 Å². The lowest BCUT2D eigenvalue weighted by atomic mass is 10.2. The smallest absolute Gasteiger partial charge is 0.169 e. The van der Waals surface area contributed by atoms with Gasteiger partial charge in [0, 0.05) is 0 Å². The second-order valence-electron chi connectivity index (χ2n) is 4.74. The van der Waals surface area contributed by atoms with Crippen molar-refractivity contribution in [3.05, 3.63) is 30.0 Å². The van der Waals surface area contributed by atoms with Crippen LogP contribution in [0.4, 0.5) is 5.82 Å². The first-order valence-corrected chi connectivity index (χ1v) is 6.59. The average molecular weight is 260 g/mol. The van der Waals surface area contributed by atoms with Crippen LogP contribution in [0.15, 0.2) is 24.3 Å². The molecule has 102 valence electrons. The number of anilines is 1. The van der Waals surface area contributed by atoms with Gasteiger partial charge < -0.3 is 10.5 Å². The molecule has 0 fully saturated rings. The van der Waals surface area contributed by atoms with Crippen molar-refractivity contribution < 1.29 is 4.74 Å². The maximum absolute atomic E-state index is 5.84. The van der Waals surface area contributed by atoms with E-state index in [0.29, 0.717) is 5.82 Å². The molecule has 2 aromatic rings. The minimum atomic E-state index is 0.170. The van der Waals surface area contributed by atoms with Crippen molar-refractivity contribution in [1.29, 1.82) is 0 Å². The molecule has 1 aromatic carbocycles. The minimum absolute atomic E-state index is 0.170. The van der Waals surface area contributed by atoms with E-state index in [9.17, 15) is 0 Å². The lowest BCUT2D eigenvalue weighted by Crippen LogP contribution is -2.06. The van der Waals surface area contributed by atoms with Crippen molar-refractivity contribution in [2.24, 2.45) is 0 Å². The van der Waals surface area contributed by atoms with Crippen LogP contribution in [-0.2, 0) is 6.42 Å². The van der Waals surface area contributed by atoms with Crippen molar-refractivity contribution in [3.8, 4) is 11.4 Å². The van der Waals surface area contributed by atoms with E-state index in [0.717, 1.165) is 30.0 Å². The van der Waals surface area contributed by atoms with Gasteiger partial charge in [0.15, 0.2) is 5.82 Å². The van der Waals surface area contributed by atoms with Crippen molar-refractivity contribution in [2.75, 3.05) is 5.73 Å². The fraction of sp³-hybridized carbons (Fsp3) is 0.429.